The van der Waals surface area contributed by atoms with Crippen LogP contribution in [-0.4, -0.2) is 30.4 Å². The zero-order valence-corrected chi connectivity index (χ0v) is 18.1. The third-order valence-corrected chi connectivity index (χ3v) is 5.67. The van der Waals surface area contributed by atoms with E-state index in [0.717, 1.165) is 36.6 Å². The zero-order chi connectivity index (χ0) is 22.1. The van der Waals surface area contributed by atoms with E-state index in [9.17, 15) is 14.4 Å². The Bertz CT molecular complexity index is 902. The van der Waals surface area contributed by atoms with Crippen molar-refractivity contribution < 1.29 is 18.8 Å². The predicted octanol–water partition coefficient (Wildman–Crippen LogP) is 3.69. The number of nitrogens with one attached hydrogen (secondary N) is 4. The molecule has 0 bridgehead atoms. The molecule has 1 aliphatic rings. The quantitative estimate of drug-likeness (QED) is 0.379. The number of fused-ring (bicyclic) bond motifs is 1. The Hall–Kier alpha value is -3.03. The van der Waals surface area contributed by atoms with Gasteiger partial charge in [-0.15, -0.1) is 0 Å². The number of unbranched alkanes of at least 4 members (excludes halogenated alkanes) is 2. The van der Waals surface area contributed by atoms with E-state index in [1.807, 2.05) is 25.1 Å². The summed E-state index contributed by atoms with van der Waals surface area (Å²) in [5.74, 6) is -0.542. The normalized spacial score (nSPS) is 14.2. The second kappa shape index (κ2) is 11.4. The number of para-hydroxylation sites is 1. The standard InChI is InChI=1S/C23H32N4O4/c1-16-18-12-7-8-13-19(18)31-21(16)22(29)27-26-20(28)14-6-3-9-15-24-23(30)25-17-10-4-2-5-11-17/h7-8,12-13,17H,2-6,9-11,14-15H2,1H3,(H,26,28)(H,27,29)(H2,24,25,30). The third-order valence-electron chi connectivity index (χ3n) is 5.67. The summed E-state index contributed by atoms with van der Waals surface area (Å²) in [7, 11) is 0. The summed E-state index contributed by atoms with van der Waals surface area (Å²) in [6, 6.07) is 7.61. The fraction of sp³-hybridized carbons (Fsp3) is 0.522. The summed E-state index contributed by atoms with van der Waals surface area (Å²) in [6.45, 7) is 2.40. The van der Waals surface area contributed by atoms with Gasteiger partial charge in [-0.3, -0.25) is 20.4 Å². The Morgan fingerprint density at radius 3 is 2.55 bits per heavy atom. The molecule has 31 heavy (non-hydrogen) atoms. The summed E-state index contributed by atoms with van der Waals surface area (Å²) >= 11 is 0. The molecule has 2 aromatic rings. The van der Waals surface area contributed by atoms with Gasteiger partial charge in [-0.25, -0.2) is 4.79 Å². The lowest BCUT2D eigenvalue weighted by atomic mass is 9.96. The monoisotopic (exact) mass is 428 g/mol. The molecule has 1 saturated carbocycles. The summed E-state index contributed by atoms with van der Waals surface area (Å²) in [4.78, 5) is 36.1. The van der Waals surface area contributed by atoms with Crippen LogP contribution >= 0.6 is 0 Å². The van der Waals surface area contributed by atoms with Crippen LogP contribution < -0.4 is 21.5 Å². The highest BCUT2D eigenvalue weighted by Gasteiger charge is 2.18. The van der Waals surface area contributed by atoms with Crippen LogP contribution in [0.1, 0.15) is 73.9 Å². The third kappa shape index (κ3) is 6.73. The molecule has 4 N–H and O–H groups in total. The number of carbonyl (C=O) groups excluding carboxylic acids is 3. The molecule has 0 saturated heterocycles. The van der Waals surface area contributed by atoms with Crippen molar-refractivity contribution in [3.8, 4) is 0 Å². The summed E-state index contributed by atoms with van der Waals surface area (Å²) in [5, 5.41) is 6.77. The maximum atomic E-state index is 12.3. The SMILES string of the molecule is Cc1c(C(=O)NNC(=O)CCCCCNC(=O)NC2CCCCC2)oc2ccccc12. The zero-order valence-electron chi connectivity index (χ0n) is 18.1. The molecule has 0 spiro atoms. The fourth-order valence-electron chi connectivity index (χ4n) is 3.91. The molecular formula is C23H32N4O4. The first-order chi connectivity index (χ1) is 15.0. The number of aryl methyl sites for hydroxylation is 1. The second-order valence-corrected chi connectivity index (χ2v) is 8.10. The van der Waals surface area contributed by atoms with Gasteiger partial charge in [0.1, 0.15) is 5.58 Å². The van der Waals surface area contributed by atoms with E-state index >= 15 is 0 Å². The van der Waals surface area contributed by atoms with E-state index in [1.54, 1.807) is 6.07 Å². The first kappa shape index (κ1) is 22.7. The Morgan fingerprint density at radius 1 is 1.00 bits per heavy atom. The molecule has 0 radical (unpaired) electrons. The lowest BCUT2D eigenvalue weighted by Crippen LogP contribution is -2.43. The highest BCUT2D eigenvalue weighted by Crippen LogP contribution is 2.24. The van der Waals surface area contributed by atoms with Crippen LogP contribution in [0.15, 0.2) is 28.7 Å². The molecule has 1 aromatic carbocycles. The lowest BCUT2D eigenvalue weighted by molar-refractivity contribution is -0.122. The Morgan fingerprint density at radius 2 is 1.77 bits per heavy atom. The van der Waals surface area contributed by atoms with Gasteiger partial charge in [0, 0.05) is 30.0 Å². The number of hydrazine groups is 1. The number of urea groups is 1. The number of benzene rings is 1. The van der Waals surface area contributed by atoms with Crippen LogP contribution in [0.4, 0.5) is 4.79 Å². The minimum absolute atomic E-state index is 0.103. The molecule has 0 atom stereocenters. The molecule has 0 unspecified atom stereocenters. The first-order valence-corrected chi connectivity index (χ1v) is 11.2. The molecule has 3 rings (SSSR count). The van der Waals surface area contributed by atoms with Crippen LogP contribution in [0, 0.1) is 6.92 Å². The Kier molecular flexibility index (Phi) is 8.32. The van der Waals surface area contributed by atoms with Gasteiger partial charge >= 0.3 is 11.9 Å². The van der Waals surface area contributed by atoms with Crippen LogP contribution in [0.2, 0.25) is 0 Å². The van der Waals surface area contributed by atoms with Crippen molar-refractivity contribution in [3.05, 3.63) is 35.6 Å². The number of rotatable bonds is 8. The van der Waals surface area contributed by atoms with Crippen LogP contribution in [0.5, 0.6) is 0 Å². The lowest BCUT2D eigenvalue weighted by Gasteiger charge is -2.22. The largest absolute Gasteiger partial charge is 0.451 e. The average molecular weight is 429 g/mol. The van der Waals surface area contributed by atoms with Gasteiger partial charge in [0.15, 0.2) is 5.76 Å². The van der Waals surface area contributed by atoms with E-state index in [-0.39, 0.29) is 17.7 Å². The van der Waals surface area contributed by atoms with Crippen LogP contribution in [-0.2, 0) is 4.79 Å². The van der Waals surface area contributed by atoms with E-state index in [0.29, 0.717) is 31.0 Å². The van der Waals surface area contributed by atoms with E-state index < -0.39 is 5.91 Å². The van der Waals surface area contributed by atoms with Crippen molar-refractivity contribution in [3.63, 3.8) is 0 Å². The minimum atomic E-state index is -0.477. The van der Waals surface area contributed by atoms with Gasteiger partial charge in [0.2, 0.25) is 5.91 Å². The molecule has 0 aliphatic heterocycles. The highest BCUT2D eigenvalue weighted by atomic mass is 16.3. The highest BCUT2D eigenvalue weighted by molar-refractivity contribution is 5.99. The molecule has 1 aliphatic carbocycles. The van der Waals surface area contributed by atoms with Gasteiger partial charge in [-0.1, -0.05) is 43.9 Å². The smallest absolute Gasteiger partial charge is 0.315 e. The maximum absolute atomic E-state index is 12.3. The topological polar surface area (TPSA) is 112 Å². The Balaban J connectivity index is 1.26. The van der Waals surface area contributed by atoms with Crippen molar-refractivity contribution in [2.75, 3.05) is 6.54 Å². The van der Waals surface area contributed by atoms with Gasteiger partial charge in [-0.05, 0) is 38.7 Å². The van der Waals surface area contributed by atoms with Crippen molar-refractivity contribution in [1.82, 2.24) is 21.5 Å². The number of hydrogen-bond donors (Lipinski definition) is 4. The van der Waals surface area contributed by atoms with Gasteiger partial charge < -0.3 is 15.1 Å². The maximum Gasteiger partial charge on any atom is 0.315 e. The minimum Gasteiger partial charge on any atom is -0.451 e. The molecular weight excluding hydrogens is 396 g/mol. The van der Waals surface area contributed by atoms with Crippen molar-refractivity contribution in [2.24, 2.45) is 0 Å². The van der Waals surface area contributed by atoms with Crippen LogP contribution in [0.25, 0.3) is 11.0 Å². The number of hydrogen-bond acceptors (Lipinski definition) is 4. The molecule has 8 nitrogen and oxygen atoms in total. The molecule has 4 amide bonds. The average Bonchev–Trinajstić information content (AvgIpc) is 3.12. The van der Waals surface area contributed by atoms with Crippen molar-refractivity contribution in [2.45, 2.75) is 70.8 Å². The Labute approximate surface area is 182 Å². The molecule has 1 heterocycles. The summed E-state index contributed by atoms with van der Waals surface area (Å²) in [5.41, 5.74) is 6.21. The van der Waals surface area contributed by atoms with Gasteiger partial charge in [0.05, 0.1) is 0 Å². The summed E-state index contributed by atoms with van der Waals surface area (Å²) in [6.07, 6.45) is 8.35. The van der Waals surface area contributed by atoms with Crippen molar-refractivity contribution >= 4 is 28.8 Å². The molecule has 168 valence electrons. The second-order valence-electron chi connectivity index (χ2n) is 8.10. The van der Waals surface area contributed by atoms with Gasteiger partial charge in [-0.2, -0.15) is 0 Å². The number of carbonyl (C=O) groups is 3. The fourth-order valence-corrected chi connectivity index (χ4v) is 3.91. The van der Waals surface area contributed by atoms with E-state index in [2.05, 4.69) is 21.5 Å². The number of amides is 4. The van der Waals surface area contributed by atoms with Crippen molar-refractivity contribution in [1.29, 1.82) is 0 Å². The number of furan rings is 1. The van der Waals surface area contributed by atoms with E-state index in [4.69, 9.17) is 4.42 Å². The predicted molar refractivity (Wildman–Crippen MR) is 118 cm³/mol. The molecule has 8 heteroatoms. The van der Waals surface area contributed by atoms with Crippen LogP contribution in [0.3, 0.4) is 0 Å². The molecule has 1 aromatic heterocycles. The van der Waals surface area contributed by atoms with Gasteiger partial charge in [0.25, 0.3) is 0 Å². The molecule has 1 fully saturated rings. The first-order valence-electron chi connectivity index (χ1n) is 11.2. The summed E-state index contributed by atoms with van der Waals surface area (Å²) < 4.78 is 5.58. The van der Waals surface area contributed by atoms with E-state index in [1.165, 1.54) is 19.3 Å².